The third-order valence-electron chi connectivity index (χ3n) is 2.83. The first-order valence-electron chi connectivity index (χ1n) is 6.07. The highest BCUT2D eigenvalue weighted by atomic mass is 16.5. The van der Waals surface area contributed by atoms with Gasteiger partial charge < -0.3 is 20.1 Å². The molecule has 5 nitrogen and oxygen atoms in total. The Bertz CT molecular complexity index is 432. The zero-order chi connectivity index (χ0) is 12.8. The molecule has 0 amide bonds. The SMILES string of the molecule is COc1cccc(CNC2=NCCCN2)c1OC. The Morgan fingerprint density at radius 1 is 1.33 bits per heavy atom. The topological polar surface area (TPSA) is 54.9 Å². The number of benzene rings is 1. The van der Waals surface area contributed by atoms with Crippen molar-refractivity contribution < 1.29 is 9.47 Å². The van der Waals surface area contributed by atoms with Gasteiger partial charge >= 0.3 is 0 Å². The molecule has 1 heterocycles. The first-order chi connectivity index (χ1) is 8.85. The normalized spacial score (nSPS) is 14.4. The van der Waals surface area contributed by atoms with Crippen LogP contribution in [0.5, 0.6) is 11.5 Å². The van der Waals surface area contributed by atoms with Crippen LogP contribution in [0, 0.1) is 0 Å². The van der Waals surface area contributed by atoms with Crippen molar-refractivity contribution in [2.75, 3.05) is 27.3 Å². The smallest absolute Gasteiger partial charge is 0.191 e. The van der Waals surface area contributed by atoms with Gasteiger partial charge in [-0.05, 0) is 12.5 Å². The van der Waals surface area contributed by atoms with Gasteiger partial charge in [-0.3, -0.25) is 4.99 Å². The lowest BCUT2D eigenvalue weighted by molar-refractivity contribution is 0.351. The maximum Gasteiger partial charge on any atom is 0.191 e. The van der Waals surface area contributed by atoms with Crippen molar-refractivity contribution in [1.29, 1.82) is 0 Å². The van der Waals surface area contributed by atoms with E-state index in [0.29, 0.717) is 6.54 Å². The van der Waals surface area contributed by atoms with Crippen LogP contribution in [0.25, 0.3) is 0 Å². The molecule has 1 aromatic carbocycles. The molecule has 0 fully saturated rings. The molecule has 0 saturated heterocycles. The Morgan fingerprint density at radius 3 is 2.89 bits per heavy atom. The van der Waals surface area contributed by atoms with E-state index in [0.717, 1.165) is 42.5 Å². The molecule has 2 N–H and O–H groups in total. The molecule has 0 aromatic heterocycles. The van der Waals surface area contributed by atoms with E-state index in [2.05, 4.69) is 15.6 Å². The lowest BCUT2D eigenvalue weighted by Crippen LogP contribution is -2.40. The van der Waals surface area contributed by atoms with Crippen LogP contribution in [0.15, 0.2) is 23.2 Å². The van der Waals surface area contributed by atoms with Gasteiger partial charge in [-0.15, -0.1) is 0 Å². The number of ether oxygens (including phenoxy) is 2. The second kappa shape index (κ2) is 6.14. The number of nitrogens with one attached hydrogen (secondary N) is 2. The Labute approximate surface area is 107 Å². The molecular weight excluding hydrogens is 230 g/mol. The Hall–Kier alpha value is -1.91. The second-order valence-corrected chi connectivity index (χ2v) is 4.02. The van der Waals surface area contributed by atoms with E-state index in [4.69, 9.17) is 9.47 Å². The summed E-state index contributed by atoms with van der Waals surface area (Å²) in [5.74, 6) is 2.37. The standard InChI is InChI=1S/C13H19N3O2/c1-17-11-6-3-5-10(12(11)18-2)9-16-13-14-7-4-8-15-13/h3,5-6H,4,7-9H2,1-2H3,(H2,14,15,16). The molecule has 18 heavy (non-hydrogen) atoms. The highest BCUT2D eigenvalue weighted by Crippen LogP contribution is 2.30. The van der Waals surface area contributed by atoms with Crippen LogP contribution < -0.4 is 20.1 Å². The molecule has 0 aliphatic carbocycles. The molecule has 0 unspecified atom stereocenters. The van der Waals surface area contributed by atoms with Crippen LogP contribution in [-0.2, 0) is 6.54 Å². The van der Waals surface area contributed by atoms with Crippen molar-refractivity contribution >= 4 is 5.96 Å². The summed E-state index contributed by atoms with van der Waals surface area (Å²) in [4.78, 5) is 4.36. The van der Waals surface area contributed by atoms with Gasteiger partial charge in [0, 0.05) is 25.2 Å². The fraction of sp³-hybridized carbons (Fsp3) is 0.462. The van der Waals surface area contributed by atoms with E-state index in [9.17, 15) is 0 Å². The number of aliphatic imine (C=N–C) groups is 1. The highest BCUT2D eigenvalue weighted by molar-refractivity contribution is 5.80. The van der Waals surface area contributed by atoms with E-state index in [1.807, 2.05) is 18.2 Å². The number of nitrogens with zero attached hydrogens (tertiary/aromatic N) is 1. The molecule has 1 aromatic rings. The van der Waals surface area contributed by atoms with Gasteiger partial charge in [-0.25, -0.2) is 0 Å². The monoisotopic (exact) mass is 249 g/mol. The largest absolute Gasteiger partial charge is 0.493 e. The summed E-state index contributed by atoms with van der Waals surface area (Å²) < 4.78 is 10.7. The number of methoxy groups -OCH3 is 2. The van der Waals surface area contributed by atoms with Gasteiger partial charge in [0.1, 0.15) is 0 Å². The fourth-order valence-electron chi connectivity index (χ4n) is 1.92. The quantitative estimate of drug-likeness (QED) is 0.840. The summed E-state index contributed by atoms with van der Waals surface area (Å²) in [6, 6.07) is 5.85. The van der Waals surface area contributed by atoms with E-state index in [-0.39, 0.29) is 0 Å². The number of hydrogen-bond donors (Lipinski definition) is 2. The summed E-state index contributed by atoms with van der Waals surface area (Å²) in [5, 5.41) is 6.49. The predicted octanol–water partition coefficient (Wildman–Crippen LogP) is 1.14. The van der Waals surface area contributed by atoms with Gasteiger partial charge in [0.05, 0.1) is 14.2 Å². The molecule has 1 aliphatic rings. The third-order valence-corrected chi connectivity index (χ3v) is 2.83. The Morgan fingerprint density at radius 2 is 2.22 bits per heavy atom. The molecule has 0 bridgehead atoms. The lowest BCUT2D eigenvalue weighted by Gasteiger charge is -2.17. The number of guanidine groups is 1. The van der Waals surface area contributed by atoms with Gasteiger partial charge in [0.15, 0.2) is 17.5 Å². The van der Waals surface area contributed by atoms with Crippen LogP contribution in [0.4, 0.5) is 0 Å². The Kier molecular flexibility index (Phi) is 4.28. The van der Waals surface area contributed by atoms with Crippen LogP contribution in [0.1, 0.15) is 12.0 Å². The number of hydrogen-bond acceptors (Lipinski definition) is 5. The molecular formula is C13H19N3O2. The van der Waals surface area contributed by atoms with E-state index in [1.165, 1.54) is 0 Å². The number of para-hydroxylation sites is 1. The Balaban J connectivity index is 2.06. The first kappa shape index (κ1) is 12.5. The zero-order valence-corrected chi connectivity index (χ0v) is 10.8. The van der Waals surface area contributed by atoms with Crippen LogP contribution in [0.2, 0.25) is 0 Å². The highest BCUT2D eigenvalue weighted by Gasteiger charge is 2.10. The summed E-state index contributed by atoms with van der Waals surface area (Å²) >= 11 is 0. The molecule has 98 valence electrons. The summed E-state index contributed by atoms with van der Waals surface area (Å²) in [6.07, 6.45) is 1.09. The summed E-state index contributed by atoms with van der Waals surface area (Å²) in [7, 11) is 3.29. The molecule has 5 heteroatoms. The minimum atomic E-state index is 0.659. The van der Waals surface area contributed by atoms with Gasteiger partial charge in [-0.1, -0.05) is 12.1 Å². The van der Waals surface area contributed by atoms with Crippen molar-refractivity contribution in [1.82, 2.24) is 10.6 Å². The van der Waals surface area contributed by atoms with Gasteiger partial charge in [0.25, 0.3) is 0 Å². The predicted molar refractivity (Wildman–Crippen MR) is 71.3 cm³/mol. The van der Waals surface area contributed by atoms with Crippen molar-refractivity contribution in [2.24, 2.45) is 4.99 Å². The van der Waals surface area contributed by atoms with E-state index < -0.39 is 0 Å². The van der Waals surface area contributed by atoms with Crippen LogP contribution in [-0.4, -0.2) is 33.3 Å². The first-order valence-corrected chi connectivity index (χ1v) is 6.07. The van der Waals surface area contributed by atoms with E-state index in [1.54, 1.807) is 14.2 Å². The molecule has 2 rings (SSSR count). The minimum absolute atomic E-state index is 0.659. The second-order valence-electron chi connectivity index (χ2n) is 4.02. The summed E-state index contributed by atoms with van der Waals surface area (Å²) in [6.45, 7) is 2.51. The van der Waals surface area contributed by atoms with Crippen LogP contribution >= 0.6 is 0 Å². The van der Waals surface area contributed by atoms with Gasteiger partial charge in [-0.2, -0.15) is 0 Å². The zero-order valence-electron chi connectivity index (χ0n) is 10.8. The minimum Gasteiger partial charge on any atom is -0.493 e. The van der Waals surface area contributed by atoms with Crippen molar-refractivity contribution in [3.63, 3.8) is 0 Å². The molecule has 0 saturated carbocycles. The lowest BCUT2D eigenvalue weighted by atomic mass is 10.2. The number of rotatable bonds is 4. The molecule has 1 aliphatic heterocycles. The van der Waals surface area contributed by atoms with E-state index >= 15 is 0 Å². The van der Waals surface area contributed by atoms with Crippen molar-refractivity contribution in [3.8, 4) is 11.5 Å². The maximum absolute atomic E-state index is 5.38. The molecule has 0 spiro atoms. The molecule has 0 radical (unpaired) electrons. The average Bonchev–Trinajstić information content (AvgIpc) is 2.45. The fourth-order valence-corrected chi connectivity index (χ4v) is 1.92. The van der Waals surface area contributed by atoms with Gasteiger partial charge in [0.2, 0.25) is 0 Å². The van der Waals surface area contributed by atoms with Crippen LogP contribution in [0.3, 0.4) is 0 Å². The maximum atomic E-state index is 5.38. The third kappa shape index (κ3) is 2.85. The van der Waals surface area contributed by atoms with Crippen molar-refractivity contribution in [3.05, 3.63) is 23.8 Å². The summed E-state index contributed by atoms with van der Waals surface area (Å²) in [5.41, 5.74) is 1.05. The molecule has 0 atom stereocenters. The van der Waals surface area contributed by atoms with Crippen molar-refractivity contribution in [2.45, 2.75) is 13.0 Å². The average molecular weight is 249 g/mol.